The number of fused-ring (bicyclic) bond motifs is 1. The van der Waals surface area contributed by atoms with Gasteiger partial charge in [0.25, 0.3) is 0 Å². The van der Waals surface area contributed by atoms with Crippen LogP contribution in [-0.4, -0.2) is 42.6 Å². The van der Waals surface area contributed by atoms with Gasteiger partial charge in [-0.05, 0) is 43.7 Å². The Balaban J connectivity index is 1.40. The van der Waals surface area contributed by atoms with E-state index < -0.39 is 23.4 Å². The van der Waals surface area contributed by atoms with Gasteiger partial charge in [0.2, 0.25) is 5.91 Å². The molecule has 4 rings (SSSR count). The van der Waals surface area contributed by atoms with Gasteiger partial charge in [-0.2, -0.15) is 13.2 Å². The third kappa shape index (κ3) is 3.12. The van der Waals surface area contributed by atoms with E-state index in [9.17, 15) is 22.8 Å². The van der Waals surface area contributed by atoms with Crippen molar-refractivity contribution in [1.29, 1.82) is 0 Å². The molecule has 3 fully saturated rings. The van der Waals surface area contributed by atoms with E-state index in [4.69, 9.17) is 0 Å². The number of methoxy groups -OCH3 is 1. The minimum Gasteiger partial charge on any atom is -0.453 e. The third-order valence-corrected chi connectivity index (χ3v) is 6.55. The zero-order valence-corrected chi connectivity index (χ0v) is 15.8. The predicted octanol–water partition coefficient (Wildman–Crippen LogP) is 3.33. The van der Waals surface area contributed by atoms with Crippen LogP contribution in [0.15, 0.2) is 24.3 Å². The topological polar surface area (TPSA) is 58.6 Å². The van der Waals surface area contributed by atoms with Gasteiger partial charge >= 0.3 is 12.3 Å². The van der Waals surface area contributed by atoms with E-state index in [0.29, 0.717) is 31.5 Å². The molecule has 2 unspecified atom stereocenters. The fourth-order valence-corrected chi connectivity index (χ4v) is 4.96. The summed E-state index contributed by atoms with van der Waals surface area (Å²) in [5, 5.41) is 2.75. The molecule has 0 bridgehead atoms. The van der Waals surface area contributed by atoms with Crippen molar-refractivity contribution in [2.24, 2.45) is 11.8 Å². The molecule has 8 heteroatoms. The second-order valence-electron chi connectivity index (χ2n) is 8.64. The lowest BCUT2D eigenvalue weighted by molar-refractivity contribution is -0.140. The Morgan fingerprint density at radius 2 is 1.96 bits per heavy atom. The number of carbonyl (C=O) groups excluding carboxylic acids is 2. The van der Waals surface area contributed by atoms with Crippen LogP contribution < -0.4 is 5.32 Å². The molecule has 28 heavy (non-hydrogen) atoms. The molecular formula is C20H23F3N2O3. The molecule has 2 saturated carbocycles. The highest BCUT2D eigenvalue weighted by Gasteiger charge is 2.62. The largest absolute Gasteiger partial charge is 0.453 e. The molecule has 1 N–H and O–H groups in total. The first-order chi connectivity index (χ1) is 13.1. The van der Waals surface area contributed by atoms with Gasteiger partial charge in [0, 0.05) is 30.0 Å². The second-order valence-corrected chi connectivity index (χ2v) is 8.64. The lowest BCUT2D eigenvalue weighted by atomic mass is 9.69. The van der Waals surface area contributed by atoms with Crippen LogP contribution in [0.1, 0.15) is 37.3 Å². The number of ether oxygens (including phenoxy) is 1. The quantitative estimate of drug-likeness (QED) is 0.853. The molecule has 3 aliphatic rings. The van der Waals surface area contributed by atoms with Crippen LogP contribution in [0.5, 0.6) is 0 Å². The lowest BCUT2D eigenvalue weighted by Gasteiger charge is -2.45. The molecular weight excluding hydrogens is 373 g/mol. The molecule has 1 aliphatic heterocycles. The summed E-state index contributed by atoms with van der Waals surface area (Å²) in [7, 11) is 1.30. The Kier molecular flexibility index (Phi) is 4.17. The number of carbonyl (C=O) groups is 2. The van der Waals surface area contributed by atoms with Gasteiger partial charge in [0.1, 0.15) is 0 Å². The van der Waals surface area contributed by atoms with Crippen LogP contribution >= 0.6 is 0 Å². The second kappa shape index (κ2) is 6.12. The van der Waals surface area contributed by atoms with Crippen molar-refractivity contribution in [3.8, 4) is 0 Å². The Labute approximate surface area is 161 Å². The number of alkyl halides is 3. The number of benzene rings is 1. The van der Waals surface area contributed by atoms with Gasteiger partial charge in [-0.15, -0.1) is 0 Å². The minimum atomic E-state index is -4.37. The average molecular weight is 396 g/mol. The zero-order chi connectivity index (χ0) is 20.3. The first-order valence-corrected chi connectivity index (χ1v) is 9.39. The van der Waals surface area contributed by atoms with Crippen molar-refractivity contribution < 1.29 is 27.5 Å². The molecule has 1 saturated heterocycles. The summed E-state index contributed by atoms with van der Waals surface area (Å²) < 4.78 is 43.7. The van der Waals surface area contributed by atoms with Crippen molar-refractivity contribution >= 4 is 12.0 Å². The molecule has 0 spiro atoms. The highest BCUT2D eigenvalue weighted by Crippen LogP contribution is 2.60. The van der Waals surface area contributed by atoms with Crippen LogP contribution in [0.4, 0.5) is 18.0 Å². The van der Waals surface area contributed by atoms with Crippen LogP contribution in [0.25, 0.3) is 0 Å². The summed E-state index contributed by atoms with van der Waals surface area (Å²) in [6, 6.07) is 5.50. The summed E-state index contributed by atoms with van der Waals surface area (Å²) in [6.07, 6.45) is -2.98. The van der Waals surface area contributed by atoms with E-state index in [1.807, 2.05) is 6.92 Å². The first kappa shape index (κ1) is 19.1. The third-order valence-electron chi connectivity index (χ3n) is 6.55. The summed E-state index contributed by atoms with van der Waals surface area (Å²) in [5.74, 6) is 0.0838. The Morgan fingerprint density at radius 1 is 1.25 bits per heavy atom. The van der Waals surface area contributed by atoms with Crippen molar-refractivity contribution in [2.45, 2.75) is 43.3 Å². The summed E-state index contributed by atoms with van der Waals surface area (Å²) >= 11 is 0. The van der Waals surface area contributed by atoms with Gasteiger partial charge in [-0.1, -0.05) is 18.2 Å². The standard InChI is InChI=1S/C20H23F3N2O3/c1-18(24-17(27)28-2)7-12(8-18)16(26)25-10-15-9-19(15,11-25)13-4-3-5-14(6-13)20(21,22)23/h3-6,12,15H,7-11H2,1-2H3,(H,24,27)/t12-,15?,18+,19?. The van der Waals surface area contributed by atoms with Crippen LogP contribution in [0.3, 0.4) is 0 Å². The van der Waals surface area contributed by atoms with Crippen molar-refractivity contribution in [3.63, 3.8) is 0 Å². The SMILES string of the molecule is COC(=O)N[C@]1(C)C[C@H](C(=O)N2CC3CC3(c3cccc(C(F)(F)F)c3)C2)C1. The number of nitrogens with zero attached hydrogens (tertiary/aromatic N) is 1. The number of hydrogen-bond donors (Lipinski definition) is 1. The van der Waals surface area contributed by atoms with E-state index in [-0.39, 0.29) is 23.2 Å². The van der Waals surface area contributed by atoms with E-state index >= 15 is 0 Å². The smallest absolute Gasteiger partial charge is 0.416 e. The molecule has 2 amide bonds. The summed E-state index contributed by atoms with van der Waals surface area (Å²) in [4.78, 5) is 26.0. The molecule has 0 radical (unpaired) electrons. The molecule has 2 aliphatic carbocycles. The van der Waals surface area contributed by atoms with E-state index in [1.165, 1.54) is 19.2 Å². The fraction of sp³-hybridized carbons (Fsp3) is 0.600. The fourth-order valence-electron chi connectivity index (χ4n) is 4.96. The number of alkyl carbamates (subject to hydrolysis) is 1. The van der Waals surface area contributed by atoms with Gasteiger partial charge in [-0.3, -0.25) is 4.79 Å². The number of nitrogens with one attached hydrogen (secondary N) is 1. The summed E-state index contributed by atoms with van der Waals surface area (Å²) in [6.45, 7) is 2.93. The minimum absolute atomic E-state index is 0.0303. The normalized spacial score (nSPS) is 33.7. The number of hydrogen-bond acceptors (Lipinski definition) is 3. The average Bonchev–Trinajstić information content (AvgIpc) is 3.19. The number of piperidine rings is 1. The van der Waals surface area contributed by atoms with Gasteiger partial charge < -0.3 is 15.0 Å². The number of rotatable bonds is 3. The van der Waals surface area contributed by atoms with Crippen LogP contribution in [-0.2, 0) is 21.1 Å². The molecule has 1 aromatic carbocycles. The molecule has 2 atom stereocenters. The Hall–Kier alpha value is -2.25. The molecule has 1 heterocycles. The van der Waals surface area contributed by atoms with Gasteiger partial charge in [0.15, 0.2) is 0 Å². The molecule has 1 aromatic rings. The highest BCUT2D eigenvalue weighted by atomic mass is 19.4. The maximum atomic E-state index is 13.0. The van der Waals surface area contributed by atoms with Gasteiger partial charge in [0.05, 0.1) is 12.7 Å². The lowest BCUT2D eigenvalue weighted by Crippen LogP contribution is -2.58. The monoisotopic (exact) mass is 396 g/mol. The number of halogens is 3. The van der Waals surface area contributed by atoms with Crippen LogP contribution in [0.2, 0.25) is 0 Å². The maximum absolute atomic E-state index is 13.0. The van der Waals surface area contributed by atoms with E-state index in [1.54, 1.807) is 11.0 Å². The summed E-state index contributed by atoms with van der Waals surface area (Å²) in [5.41, 5.74) is -0.755. The first-order valence-electron chi connectivity index (χ1n) is 9.39. The van der Waals surface area contributed by atoms with E-state index in [2.05, 4.69) is 10.1 Å². The molecule has 5 nitrogen and oxygen atoms in total. The highest BCUT2D eigenvalue weighted by molar-refractivity contribution is 5.82. The number of amides is 2. The Bertz CT molecular complexity index is 819. The van der Waals surface area contributed by atoms with Crippen molar-refractivity contribution in [1.82, 2.24) is 10.2 Å². The van der Waals surface area contributed by atoms with Crippen molar-refractivity contribution in [2.75, 3.05) is 20.2 Å². The van der Waals surface area contributed by atoms with E-state index in [0.717, 1.165) is 12.5 Å². The zero-order valence-electron chi connectivity index (χ0n) is 15.8. The van der Waals surface area contributed by atoms with Crippen molar-refractivity contribution in [3.05, 3.63) is 35.4 Å². The maximum Gasteiger partial charge on any atom is 0.416 e. The van der Waals surface area contributed by atoms with Gasteiger partial charge in [-0.25, -0.2) is 4.79 Å². The predicted molar refractivity (Wildman–Crippen MR) is 94.5 cm³/mol. The molecule has 152 valence electrons. The number of likely N-dealkylation sites (tertiary alicyclic amines) is 1. The Morgan fingerprint density at radius 3 is 2.61 bits per heavy atom. The van der Waals surface area contributed by atoms with Crippen LogP contribution in [0, 0.1) is 11.8 Å². The molecule has 0 aromatic heterocycles.